The zero-order chi connectivity index (χ0) is 41.7. The number of ether oxygens (including phenoxy) is 2. The van der Waals surface area contributed by atoms with Crippen LogP contribution in [0.15, 0.2) is 163 Å². The molecule has 0 fully saturated rings. The second-order valence-corrected chi connectivity index (χ2v) is 15.3. The molecular weight excluding hydrogens is 843 g/mol. The molecular formula is C48H45BrCl2N6O2. The molecule has 11 heteroatoms. The summed E-state index contributed by atoms with van der Waals surface area (Å²) >= 11 is 15.5. The second-order valence-electron chi connectivity index (χ2n) is 13.7. The summed E-state index contributed by atoms with van der Waals surface area (Å²) < 4.78 is 15.8. The molecule has 0 aliphatic carbocycles. The number of anilines is 3. The minimum atomic E-state index is 0.714. The quantitative estimate of drug-likeness (QED) is 0.133. The van der Waals surface area contributed by atoms with Crippen LogP contribution in [0.5, 0.6) is 11.5 Å². The molecule has 0 aliphatic rings. The number of nitrogens with zero attached hydrogens (tertiary/aromatic N) is 4. The monoisotopic (exact) mass is 886 g/mol. The zero-order valence-corrected chi connectivity index (χ0v) is 36.3. The summed E-state index contributed by atoms with van der Waals surface area (Å²) in [6.45, 7) is 0. The first-order valence-electron chi connectivity index (χ1n) is 18.7. The Bertz CT molecular complexity index is 2570. The average Bonchev–Trinajstić information content (AvgIpc) is 3.84. The van der Waals surface area contributed by atoms with Crippen LogP contribution in [0, 0.1) is 0 Å². The van der Waals surface area contributed by atoms with Crippen LogP contribution in [0.3, 0.4) is 0 Å². The number of hydrogen-bond acceptors (Lipinski definition) is 6. The van der Waals surface area contributed by atoms with Crippen molar-refractivity contribution in [3.63, 3.8) is 0 Å². The van der Waals surface area contributed by atoms with Gasteiger partial charge in [0.25, 0.3) is 0 Å². The first kappa shape index (κ1) is 42.6. The number of halogens is 3. The number of nitrogens with two attached hydrogens (primary N) is 1. The highest BCUT2D eigenvalue weighted by Crippen LogP contribution is 2.34. The predicted molar refractivity (Wildman–Crippen MR) is 247 cm³/mol. The predicted octanol–water partition coefficient (Wildman–Crippen LogP) is 12.5. The molecule has 0 bridgehead atoms. The number of aromatic nitrogens is 4. The van der Waals surface area contributed by atoms with E-state index in [1.165, 1.54) is 22.3 Å². The van der Waals surface area contributed by atoms with Crippen LogP contribution >= 0.6 is 39.1 Å². The third kappa shape index (κ3) is 12.0. The van der Waals surface area contributed by atoms with Crippen molar-refractivity contribution in [2.75, 3.05) is 25.3 Å². The summed E-state index contributed by atoms with van der Waals surface area (Å²) in [5.41, 5.74) is 16.6. The molecule has 300 valence electrons. The van der Waals surface area contributed by atoms with E-state index in [-0.39, 0.29) is 0 Å². The number of nitrogens with one attached hydrogen (secondary N) is 1. The number of imidazole rings is 2. The van der Waals surface area contributed by atoms with E-state index in [1.54, 1.807) is 26.6 Å². The molecule has 2 heterocycles. The van der Waals surface area contributed by atoms with E-state index >= 15 is 0 Å². The lowest BCUT2D eigenvalue weighted by Gasteiger charge is -2.12. The van der Waals surface area contributed by atoms with Gasteiger partial charge in [0.05, 0.1) is 14.2 Å². The number of aryl methyl sites for hydroxylation is 2. The molecule has 8 aromatic rings. The van der Waals surface area contributed by atoms with Gasteiger partial charge in [-0.15, -0.1) is 0 Å². The molecule has 0 spiro atoms. The van der Waals surface area contributed by atoms with Crippen molar-refractivity contribution in [2.24, 2.45) is 14.1 Å². The van der Waals surface area contributed by atoms with Gasteiger partial charge in [0.1, 0.15) is 11.5 Å². The Hall–Kier alpha value is -6.00. The topological polar surface area (TPSA) is 92.2 Å². The van der Waals surface area contributed by atoms with Gasteiger partial charge in [-0.1, -0.05) is 83.9 Å². The highest BCUT2D eigenvalue weighted by molar-refractivity contribution is 9.10. The van der Waals surface area contributed by atoms with Crippen molar-refractivity contribution in [1.29, 1.82) is 0 Å². The van der Waals surface area contributed by atoms with Crippen LogP contribution in [-0.4, -0.2) is 33.3 Å². The highest BCUT2D eigenvalue weighted by atomic mass is 79.9. The minimum Gasteiger partial charge on any atom is -0.496 e. The largest absolute Gasteiger partial charge is 0.496 e. The molecule has 0 saturated heterocycles. The number of methoxy groups -OCH3 is 2. The third-order valence-corrected chi connectivity index (χ3v) is 10.6. The second kappa shape index (κ2) is 20.6. The van der Waals surface area contributed by atoms with Crippen LogP contribution in [0.2, 0.25) is 10.0 Å². The smallest absolute Gasteiger partial charge is 0.207 e. The lowest BCUT2D eigenvalue weighted by atomic mass is 9.98. The SMILES string of the molecule is COc1ccc(Cc2ccc(N)cc2)cc1-c1cccc(Cl)c1.COc1ccc(Cc2ccc(Nc3nccn3C)cc2)cc1-c1cccc(Cl)c1.Cn1ccnc1Br. The van der Waals surface area contributed by atoms with Crippen molar-refractivity contribution < 1.29 is 9.47 Å². The Morgan fingerprint density at radius 1 is 0.593 bits per heavy atom. The molecule has 8 nitrogen and oxygen atoms in total. The maximum absolute atomic E-state index is 6.18. The van der Waals surface area contributed by atoms with Gasteiger partial charge in [0, 0.05) is 71.4 Å². The van der Waals surface area contributed by atoms with Gasteiger partial charge in [-0.3, -0.25) is 0 Å². The van der Waals surface area contributed by atoms with Crippen LogP contribution in [0.1, 0.15) is 22.3 Å². The first-order valence-corrected chi connectivity index (χ1v) is 20.3. The Morgan fingerprint density at radius 2 is 1.07 bits per heavy atom. The molecule has 0 unspecified atom stereocenters. The van der Waals surface area contributed by atoms with Gasteiger partial charge in [-0.05, 0) is 135 Å². The fraction of sp³-hybridized carbons (Fsp3) is 0.125. The van der Waals surface area contributed by atoms with E-state index in [1.807, 2.05) is 108 Å². The van der Waals surface area contributed by atoms with Crippen LogP contribution in [0.25, 0.3) is 22.3 Å². The van der Waals surface area contributed by atoms with Crippen LogP contribution < -0.4 is 20.5 Å². The fourth-order valence-corrected chi connectivity index (χ4v) is 6.89. The Labute approximate surface area is 364 Å². The molecule has 8 rings (SSSR count). The maximum atomic E-state index is 6.18. The van der Waals surface area contributed by atoms with Gasteiger partial charge in [-0.25, -0.2) is 9.97 Å². The third-order valence-electron chi connectivity index (χ3n) is 9.39. The lowest BCUT2D eigenvalue weighted by molar-refractivity contribution is 0.416. The van der Waals surface area contributed by atoms with E-state index in [4.69, 9.17) is 38.4 Å². The van der Waals surface area contributed by atoms with Crippen LogP contribution in [-0.2, 0) is 26.9 Å². The van der Waals surface area contributed by atoms with E-state index in [0.29, 0.717) is 10.0 Å². The molecule has 0 radical (unpaired) electrons. The number of rotatable bonds is 10. The van der Waals surface area contributed by atoms with Crippen LogP contribution in [0.4, 0.5) is 17.3 Å². The Kier molecular flexibility index (Phi) is 14.9. The highest BCUT2D eigenvalue weighted by Gasteiger charge is 2.10. The van der Waals surface area contributed by atoms with Crippen molar-refractivity contribution in [3.05, 3.63) is 195 Å². The minimum absolute atomic E-state index is 0.714. The van der Waals surface area contributed by atoms with E-state index in [0.717, 1.165) is 68.7 Å². The molecule has 2 aromatic heterocycles. The van der Waals surface area contributed by atoms with E-state index in [9.17, 15) is 0 Å². The number of benzene rings is 6. The van der Waals surface area contributed by atoms with Crippen molar-refractivity contribution in [2.45, 2.75) is 12.8 Å². The van der Waals surface area contributed by atoms with Gasteiger partial charge in [0.15, 0.2) is 4.73 Å². The van der Waals surface area contributed by atoms with Crippen molar-refractivity contribution >= 4 is 56.5 Å². The molecule has 0 amide bonds. The molecule has 0 aliphatic heterocycles. The average molecular weight is 889 g/mol. The van der Waals surface area contributed by atoms with Crippen molar-refractivity contribution in [3.8, 4) is 33.8 Å². The molecule has 0 atom stereocenters. The summed E-state index contributed by atoms with van der Waals surface area (Å²) in [4.78, 5) is 8.19. The van der Waals surface area contributed by atoms with E-state index < -0.39 is 0 Å². The van der Waals surface area contributed by atoms with Gasteiger partial charge >= 0.3 is 0 Å². The molecule has 3 N–H and O–H groups in total. The summed E-state index contributed by atoms with van der Waals surface area (Å²) in [7, 11) is 7.27. The molecule has 0 saturated carbocycles. The van der Waals surface area contributed by atoms with Gasteiger partial charge in [-0.2, -0.15) is 0 Å². The first-order chi connectivity index (χ1) is 28.6. The summed E-state index contributed by atoms with van der Waals surface area (Å²) in [6.07, 6.45) is 8.99. The zero-order valence-electron chi connectivity index (χ0n) is 33.2. The summed E-state index contributed by atoms with van der Waals surface area (Å²) in [5.74, 6) is 2.50. The van der Waals surface area contributed by atoms with Gasteiger partial charge in [0.2, 0.25) is 5.95 Å². The lowest BCUT2D eigenvalue weighted by Crippen LogP contribution is -1.98. The maximum Gasteiger partial charge on any atom is 0.207 e. The summed E-state index contributed by atoms with van der Waals surface area (Å²) in [5, 5.41) is 4.75. The summed E-state index contributed by atoms with van der Waals surface area (Å²) in [6, 6.07) is 44.6. The number of nitrogen functional groups attached to an aromatic ring is 1. The standard InChI is InChI=1S/C24H22ClN3O.C20H18ClNO.C4H5BrN2/c1-28-13-12-26-24(28)27-21-9-6-17(7-10-21)14-18-8-11-23(29-2)22(15-18)19-4-3-5-20(25)16-19;1-23-20-10-7-15(11-14-5-8-18(22)9-6-14)12-19(20)16-3-2-4-17(21)13-16;1-7-3-2-6-4(7)5/h3-13,15-16H,14H2,1-2H3,(H,26,27);2-10,12-13H,11,22H2,1H3;2-3H,1H3. The number of hydrogen-bond donors (Lipinski definition) is 2. The van der Waals surface area contributed by atoms with E-state index in [2.05, 4.69) is 91.9 Å². The molecule has 6 aromatic carbocycles. The molecule has 59 heavy (non-hydrogen) atoms. The Balaban J connectivity index is 0.000000173. The van der Waals surface area contributed by atoms with Gasteiger partial charge < -0.3 is 29.7 Å². The Morgan fingerprint density at radius 3 is 1.47 bits per heavy atom. The van der Waals surface area contributed by atoms with Crippen molar-refractivity contribution in [1.82, 2.24) is 19.1 Å². The normalized spacial score (nSPS) is 10.5. The fourth-order valence-electron chi connectivity index (χ4n) is 6.27.